The number of hydrogen-bond acceptors (Lipinski definition) is 2. The van der Waals surface area contributed by atoms with Crippen LogP contribution in [0.25, 0.3) is 0 Å². The van der Waals surface area contributed by atoms with Gasteiger partial charge in [-0.25, -0.2) is 9.18 Å². The molecule has 0 aliphatic carbocycles. The summed E-state index contributed by atoms with van der Waals surface area (Å²) in [5, 5.41) is 2.70. The zero-order chi connectivity index (χ0) is 16.8. The van der Waals surface area contributed by atoms with Crippen LogP contribution < -0.4 is 10.1 Å². The number of amides is 2. The van der Waals surface area contributed by atoms with Gasteiger partial charge in [0, 0.05) is 12.7 Å². The van der Waals surface area contributed by atoms with Crippen molar-refractivity contribution in [1.82, 2.24) is 4.90 Å². The number of carbonyl (C=O) groups excluding carboxylic acids is 1. The van der Waals surface area contributed by atoms with Crippen molar-refractivity contribution in [3.05, 3.63) is 59.4 Å². The van der Waals surface area contributed by atoms with Gasteiger partial charge < -0.3 is 15.0 Å². The molecule has 0 spiro atoms. The van der Waals surface area contributed by atoms with Gasteiger partial charge in [0.15, 0.2) is 0 Å². The van der Waals surface area contributed by atoms with Gasteiger partial charge in [0.1, 0.15) is 18.2 Å². The first-order valence-corrected chi connectivity index (χ1v) is 7.43. The topological polar surface area (TPSA) is 41.6 Å². The highest BCUT2D eigenvalue weighted by molar-refractivity contribution is 5.89. The first-order chi connectivity index (χ1) is 10.9. The highest BCUT2D eigenvalue weighted by Gasteiger charge is 2.09. The number of rotatable bonds is 5. The fourth-order valence-corrected chi connectivity index (χ4v) is 2.17. The number of urea groups is 1. The van der Waals surface area contributed by atoms with Crippen LogP contribution in [-0.2, 0) is 0 Å². The minimum absolute atomic E-state index is 0.263. The summed E-state index contributed by atoms with van der Waals surface area (Å²) in [6.07, 6.45) is 0. The first kappa shape index (κ1) is 16.8. The molecule has 0 saturated heterocycles. The maximum absolute atomic E-state index is 12.8. The van der Waals surface area contributed by atoms with Crippen molar-refractivity contribution < 1.29 is 13.9 Å². The maximum atomic E-state index is 12.8. The molecule has 2 rings (SSSR count). The van der Waals surface area contributed by atoms with E-state index in [9.17, 15) is 9.18 Å². The molecule has 0 fully saturated rings. The van der Waals surface area contributed by atoms with E-state index < -0.39 is 0 Å². The first-order valence-electron chi connectivity index (χ1n) is 7.43. The lowest BCUT2D eigenvalue weighted by molar-refractivity contribution is 0.207. The molecule has 0 bridgehead atoms. The molecule has 4 nitrogen and oxygen atoms in total. The summed E-state index contributed by atoms with van der Waals surface area (Å²) in [6, 6.07) is 11.4. The summed E-state index contributed by atoms with van der Waals surface area (Å²) in [5.41, 5.74) is 2.84. The molecule has 122 valence electrons. The van der Waals surface area contributed by atoms with Crippen LogP contribution in [0.2, 0.25) is 0 Å². The summed E-state index contributed by atoms with van der Waals surface area (Å²) in [4.78, 5) is 13.5. The van der Waals surface area contributed by atoms with Crippen LogP contribution in [0.4, 0.5) is 14.9 Å². The molecular formula is C18H21FN2O2. The monoisotopic (exact) mass is 316 g/mol. The van der Waals surface area contributed by atoms with Gasteiger partial charge in [-0.3, -0.25) is 0 Å². The smallest absolute Gasteiger partial charge is 0.321 e. The van der Waals surface area contributed by atoms with Gasteiger partial charge in [0.25, 0.3) is 0 Å². The second-order valence-corrected chi connectivity index (χ2v) is 5.53. The van der Waals surface area contributed by atoms with E-state index in [4.69, 9.17) is 4.74 Å². The van der Waals surface area contributed by atoms with Crippen molar-refractivity contribution >= 4 is 11.7 Å². The van der Waals surface area contributed by atoms with Gasteiger partial charge in [-0.1, -0.05) is 6.07 Å². The van der Waals surface area contributed by atoms with Crippen LogP contribution in [0.15, 0.2) is 42.5 Å². The summed E-state index contributed by atoms with van der Waals surface area (Å²) < 4.78 is 18.5. The second kappa shape index (κ2) is 7.63. The lowest BCUT2D eigenvalue weighted by Gasteiger charge is -2.18. The largest absolute Gasteiger partial charge is 0.492 e. The Morgan fingerprint density at radius 2 is 1.74 bits per heavy atom. The second-order valence-electron chi connectivity index (χ2n) is 5.53. The molecule has 0 aliphatic heterocycles. The van der Waals surface area contributed by atoms with Crippen molar-refractivity contribution in [2.24, 2.45) is 0 Å². The van der Waals surface area contributed by atoms with E-state index in [1.54, 1.807) is 7.05 Å². The summed E-state index contributed by atoms with van der Waals surface area (Å²) in [6.45, 7) is 4.88. The van der Waals surface area contributed by atoms with Gasteiger partial charge in [0.05, 0.1) is 6.54 Å². The van der Waals surface area contributed by atoms with Crippen LogP contribution >= 0.6 is 0 Å². The Morgan fingerprint density at radius 3 is 2.35 bits per heavy atom. The van der Waals surface area contributed by atoms with Crippen molar-refractivity contribution in [3.63, 3.8) is 0 Å². The zero-order valence-corrected chi connectivity index (χ0v) is 13.6. The highest BCUT2D eigenvalue weighted by atomic mass is 19.1. The number of nitrogens with zero attached hydrogens (tertiary/aromatic N) is 1. The van der Waals surface area contributed by atoms with E-state index in [1.165, 1.54) is 29.2 Å². The molecule has 23 heavy (non-hydrogen) atoms. The Hall–Kier alpha value is -2.56. The van der Waals surface area contributed by atoms with Gasteiger partial charge >= 0.3 is 6.03 Å². The number of aryl methyl sites for hydroxylation is 2. The Kier molecular flexibility index (Phi) is 5.57. The molecule has 0 unspecified atom stereocenters. The third-order valence-electron chi connectivity index (χ3n) is 3.33. The predicted octanol–water partition coefficient (Wildman–Crippen LogP) is 3.99. The number of carbonyl (C=O) groups is 1. The molecule has 2 aromatic carbocycles. The number of nitrogens with one attached hydrogen (secondary N) is 1. The number of likely N-dealkylation sites (N-methyl/N-ethyl adjacent to an activating group) is 1. The number of benzene rings is 2. The van der Waals surface area contributed by atoms with Crippen LogP contribution in [0.5, 0.6) is 5.75 Å². The van der Waals surface area contributed by atoms with E-state index in [2.05, 4.69) is 11.4 Å². The van der Waals surface area contributed by atoms with Crippen LogP contribution in [-0.4, -0.2) is 31.1 Å². The SMILES string of the molecule is Cc1cc(C)cc(OCCN(C)C(=O)Nc2ccc(F)cc2)c1. The number of hydrogen-bond donors (Lipinski definition) is 1. The molecular weight excluding hydrogens is 295 g/mol. The fourth-order valence-electron chi connectivity index (χ4n) is 2.17. The standard InChI is InChI=1S/C18H21FN2O2/c1-13-10-14(2)12-17(11-13)23-9-8-21(3)18(22)20-16-6-4-15(19)5-7-16/h4-7,10-12H,8-9H2,1-3H3,(H,20,22). The molecule has 5 heteroatoms. The van der Waals surface area contributed by atoms with Gasteiger partial charge in [-0.05, 0) is 61.4 Å². The summed E-state index contributed by atoms with van der Waals surface area (Å²) in [5.74, 6) is 0.466. The lowest BCUT2D eigenvalue weighted by atomic mass is 10.1. The van der Waals surface area contributed by atoms with E-state index in [1.807, 2.05) is 26.0 Å². The minimum atomic E-state index is -0.335. The van der Waals surface area contributed by atoms with Gasteiger partial charge in [-0.2, -0.15) is 0 Å². The molecule has 0 aromatic heterocycles. The lowest BCUT2D eigenvalue weighted by Crippen LogP contribution is -2.34. The normalized spacial score (nSPS) is 10.3. The van der Waals surface area contributed by atoms with E-state index in [-0.39, 0.29) is 11.8 Å². The quantitative estimate of drug-likeness (QED) is 0.906. The van der Waals surface area contributed by atoms with E-state index >= 15 is 0 Å². The van der Waals surface area contributed by atoms with Gasteiger partial charge in [0.2, 0.25) is 0 Å². The van der Waals surface area contributed by atoms with Gasteiger partial charge in [-0.15, -0.1) is 0 Å². The third-order valence-corrected chi connectivity index (χ3v) is 3.33. The highest BCUT2D eigenvalue weighted by Crippen LogP contribution is 2.16. The Bertz CT molecular complexity index is 651. The Labute approximate surface area is 135 Å². The summed E-state index contributed by atoms with van der Waals surface area (Å²) in [7, 11) is 1.68. The summed E-state index contributed by atoms with van der Waals surface area (Å²) >= 11 is 0. The number of ether oxygens (including phenoxy) is 1. The molecule has 0 radical (unpaired) electrons. The minimum Gasteiger partial charge on any atom is -0.492 e. The van der Waals surface area contributed by atoms with E-state index in [0.29, 0.717) is 18.8 Å². The molecule has 0 heterocycles. The Morgan fingerprint density at radius 1 is 1.13 bits per heavy atom. The number of anilines is 1. The average Bonchev–Trinajstić information content (AvgIpc) is 2.48. The third kappa shape index (κ3) is 5.29. The zero-order valence-electron chi connectivity index (χ0n) is 13.6. The molecule has 2 amide bonds. The molecule has 0 aliphatic rings. The van der Waals surface area contributed by atoms with Crippen molar-refractivity contribution in [1.29, 1.82) is 0 Å². The average molecular weight is 316 g/mol. The number of halogens is 1. The maximum Gasteiger partial charge on any atom is 0.321 e. The van der Waals surface area contributed by atoms with Crippen LogP contribution in [0.3, 0.4) is 0 Å². The fraction of sp³-hybridized carbons (Fsp3) is 0.278. The Balaban J connectivity index is 1.80. The predicted molar refractivity (Wildman–Crippen MR) is 89.5 cm³/mol. The van der Waals surface area contributed by atoms with E-state index in [0.717, 1.165) is 16.9 Å². The van der Waals surface area contributed by atoms with Crippen LogP contribution in [0, 0.1) is 19.7 Å². The van der Waals surface area contributed by atoms with Crippen LogP contribution in [0.1, 0.15) is 11.1 Å². The molecule has 2 aromatic rings. The molecule has 1 N–H and O–H groups in total. The van der Waals surface area contributed by atoms with Crippen molar-refractivity contribution in [2.75, 3.05) is 25.5 Å². The van der Waals surface area contributed by atoms with Crippen molar-refractivity contribution in [3.8, 4) is 5.75 Å². The molecule has 0 saturated carbocycles. The van der Waals surface area contributed by atoms with Crippen molar-refractivity contribution in [2.45, 2.75) is 13.8 Å². The molecule has 0 atom stereocenters.